The number of likely N-dealkylation sites (N-methyl/N-ethyl adjacent to an activating group) is 1. The van der Waals surface area contributed by atoms with Gasteiger partial charge in [-0.2, -0.15) is 0 Å². The SMILES string of the molecule is CCC[C@@H](CCO)Nc1cc(N)nc(Cc2ccc(CN3CCN(C)CC3)cc2)c1. The number of piperazine rings is 1. The van der Waals surface area contributed by atoms with Gasteiger partial charge < -0.3 is 21.1 Å². The average molecular weight is 412 g/mol. The molecule has 30 heavy (non-hydrogen) atoms. The summed E-state index contributed by atoms with van der Waals surface area (Å²) in [5.41, 5.74) is 10.6. The zero-order chi connectivity index (χ0) is 21.3. The normalized spacial score (nSPS) is 16.5. The zero-order valence-electron chi connectivity index (χ0n) is 18.5. The molecule has 1 aromatic carbocycles. The third-order valence-corrected chi connectivity index (χ3v) is 5.79. The van der Waals surface area contributed by atoms with Crippen LogP contribution in [-0.2, 0) is 13.0 Å². The molecule has 2 aromatic rings. The topological polar surface area (TPSA) is 77.6 Å². The van der Waals surface area contributed by atoms with Crippen molar-refractivity contribution in [3.05, 3.63) is 53.2 Å². The van der Waals surface area contributed by atoms with Gasteiger partial charge in [0.05, 0.1) is 0 Å². The number of aliphatic hydroxyl groups excluding tert-OH is 1. The molecule has 1 aliphatic heterocycles. The Hall–Kier alpha value is -2.15. The first-order chi connectivity index (χ1) is 14.6. The third-order valence-electron chi connectivity index (χ3n) is 5.79. The Morgan fingerprint density at radius 1 is 1.07 bits per heavy atom. The predicted molar refractivity (Wildman–Crippen MR) is 125 cm³/mol. The number of hydrogen-bond acceptors (Lipinski definition) is 6. The summed E-state index contributed by atoms with van der Waals surface area (Å²) < 4.78 is 0. The van der Waals surface area contributed by atoms with Crippen molar-refractivity contribution < 1.29 is 5.11 Å². The van der Waals surface area contributed by atoms with Gasteiger partial charge in [0.2, 0.25) is 0 Å². The minimum Gasteiger partial charge on any atom is -0.396 e. The Balaban J connectivity index is 1.60. The standard InChI is InChI=1S/C24H37N5O/c1-3-4-21(9-14-30)26-23-16-22(27-24(25)17-23)15-19-5-7-20(8-6-19)18-29-12-10-28(2)11-13-29/h5-8,16-17,21,30H,3-4,9-15,18H2,1-2H3,(H3,25,26,27)/t21-/m0/s1. The first kappa shape index (κ1) is 22.5. The lowest BCUT2D eigenvalue weighted by Gasteiger charge is -2.32. The fourth-order valence-corrected chi connectivity index (χ4v) is 4.05. The second-order valence-electron chi connectivity index (χ2n) is 8.49. The fraction of sp³-hybridized carbons (Fsp3) is 0.542. The second kappa shape index (κ2) is 11.3. The molecule has 0 bridgehead atoms. The molecule has 1 aromatic heterocycles. The number of aromatic nitrogens is 1. The van der Waals surface area contributed by atoms with Gasteiger partial charge in [-0.05, 0) is 37.1 Å². The van der Waals surface area contributed by atoms with Gasteiger partial charge in [0.15, 0.2) is 0 Å². The third kappa shape index (κ3) is 6.97. The van der Waals surface area contributed by atoms with E-state index in [0.717, 1.165) is 69.8 Å². The van der Waals surface area contributed by atoms with Crippen molar-refractivity contribution in [3.63, 3.8) is 0 Å². The van der Waals surface area contributed by atoms with E-state index in [1.807, 2.05) is 6.07 Å². The van der Waals surface area contributed by atoms with Gasteiger partial charge in [0, 0.05) is 69.2 Å². The Kier molecular flexibility index (Phi) is 8.49. The molecule has 2 heterocycles. The zero-order valence-corrected chi connectivity index (χ0v) is 18.5. The molecule has 6 heteroatoms. The van der Waals surface area contributed by atoms with E-state index in [0.29, 0.717) is 5.82 Å². The van der Waals surface area contributed by atoms with Crippen LogP contribution in [-0.4, -0.2) is 65.8 Å². The molecule has 6 nitrogen and oxygen atoms in total. The lowest BCUT2D eigenvalue weighted by atomic mass is 10.1. The van der Waals surface area contributed by atoms with Crippen LogP contribution >= 0.6 is 0 Å². The molecule has 0 unspecified atom stereocenters. The van der Waals surface area contributed by atoms with Crippen LogP contribution in [0.3, 0.4) is 0 Å². The van der Waals surface area contributed by atoms with Crippen molar-refractivity contribution in [3.8, 4) is 0 Å². The van der Waals surface area contributed by atoms with E-state index in [2.05, 4.69) is 64.4 Å². The second-order valence-corrected chi connectivity index (χ2v) is 8.49. The van der Waals surface area contributed by atoms with Crippen LogP contribution in [0.4, 0.5) is 11.5 Å². The average Bonchev–Trinajstić information content (AvgIpc) is 2.71. The molecule has 3 rings (SSSR count). The highest BCUT2D eigenvalue weighted by atomic mass is 16.3. The predicted octanol–water partition coefficient (Wildman–Crippen LogP) is 2.97. The number of nitrogens with one attached hydrogen (secondary N) is 1. The maximum atomic E-state index is 9.30. The number of pyridine rings is 1. The molecule has 1 saturated heterocycles. The number of nitrogen functional groups attached to an aromatic ring is 1. The molecular formula is C24H37N5O. The van der Waals surface area contributed by atoms with Crippen LogP contribution in [0.15, 0.2) is 36.4 Å². The van der Waals surface area contributed by atoms with Crippen LogP contribution in [0.5, 0.6) is 0 Å². The van der Waals surface area contributed by atoms with E-state index in [1.54, 1.807) is 0 Å². The molecule has 0 aliphatic carbocycles. The van der Waals surface area contributed by atoms with Crippen molar-refractivity contribution in [2.24, 2.45) is 0 Å². The minimum absolute atomic E-state index is 0.186. The highest BCUT2D eigenvalue weighted by molar-refractivity contribution is 5.53. The first-order valence-corrected chi connectivity index (χ1v) is 11.2. The number of rotatable bonds is 10. The molecule has 164 valence electrons. The van der Waals surface area contributed by atoms with E-state index in [-0.39, 0.29) is 12.6 Å². The van der Waals surface area contributed by atoms with E-state index < -0.39 is 0 Å². The van der Waals surface area contributed by atoms with Crippen LogP contribution in [0.25, 0.3) is 0 Å². The first-order valence-electron chi connectivity index (χ1n) is 11.2. The van der Waals surface area contributed by atoms with E-state index in [4.69, 9.17) is 5.73 Å². The number of benzene rings is 1. The van der Waals surface area contributed by atoms with E-state index in [1.165, 1.54) is 11.1 Å². The van der Waals surface area contributed by atoms with Gasteiger partial charge >= 0.3 is 0 Å². The Bertz CT molecular complexity index is 766. The van der Waals surface area contributed by atoms with Gasteiger partial charge in [-0.15, -0.1) is 0 Å². The van der Waals surface area contributed by atoms with Gasteiger partial charge in [-0.1, -0.05) is 37.6 Å². The maximum absolute atomic E-state index is 9.30. The van der Waals surface area contributed by atoms with Gasteiger partial charge in [0.1, 0.15) is 5.82 Å². The van der Waals surface area contributed by atoms with Crippen LogP contribution in [0.2, 0.25) is 0 Å². The summed E-state index contributed by atoms with van der Waals surface area (Å²) in [7, 11) is 2.19. The highest BCUT2D eigenvalue weighted by Crippen LogP contribution is 2.19. The quantitative estimate of drug-likeness (QED) is 0.558. The Morgan fingerprint density at radius 2 is 1.77 bits per heavy atom. The molecule has 0 spiro atoms. The minimum atomic E-state index is 0.186. The molecule has 0 amide bonds. The number of anilines is 2. The molecule has 0 saturated carbocycles. The number of hydrogen-bond donors (Lipinski definition) is 3. The molecule has 0 radical (unpaired) electrons. The number of nitrogens with zero attached hydrogens (tertiary/aromatic N) is 3. The summed E-state index contributed by atoms with van der Waals surface area (Å²) in [6, 6.07) is 13.1. The number of aliphatic hydroxyl groups is 1. The van der Waals surface area contributed by atoms with Gasteiger partial charge in [-0.25, -0.2) is 4.98 Å². The van der Waals surface area contributed by atoms with Crippen molar-refractivity contribution >= 4 is 11.5 Å². The Morgan fingerprint density at radius 3 is 2.43 bits per heavy atom. The van der Waals surface area contributed by atoms with Crippen molar-refractivity contribution in [1.82, 2.24) is 14.8 Å². The molecule has 1 aliphatic rings. The van der Waals surface area contributed by atoms with E-state index in [9.17, 15) is 5.11 Å². The van der Waals surface area contributed by atoms with Crippen molar-refractivity contribution in [1.29, 1.82) is 0 Å². The largest absolute Gasteiger partial charge is 0.396 e. The molecule has 1 atom stereocenters. The summed E-state index contributed by atoms with van der Waals surface area (Å²) in [5, 5.41) is 12.8. The van der Waals surface area contributed by atoms with Crippen molar-refractivity contribution in [2.45, 2.75) is 45.2 Å². The molecule has 1 fully saturated rings. The maximum Gasteiger partial charge on any atom is 0.125 e. The lowest BCUT2D eigenvalue weighted by molar-refractivity contribution is 0.148. The van der Waals surface area contributed by atoms with Gasteiger partial charge in [-0.3, -0.25) is 4.90 Å². The van der Waals surface area contributed by atoms with Crippen LogP contribution in [0.1, 0.15) is 43.0 Å². The Labute approximate surface area is 181 Å². The van der Waals surface area contributed by atoms with Crippen molar-refractivity contribution in [2.75, 3.05) is 50.9 Å². The summed E-state index contributed by atoms with van der Waals surface area (Å²) in [6.07, 6.45) is 3.59. The highest BCUT2D eigenvalue weighted by Gasteiger charge is 2.14. The lowest BCUT2D eigenvalue weighted by Crippen LogP contribution is -2.43. The summed E-state index contributed by atoms with van der Waals surface area (Å²) in [4.78, 5) is 9.43. The summed E-state index contributed by atoms with van der Waals surface area (Å²) in [6.45, 7) is 7.92. The van der Waals surface area contributed by atoms with Crippen LogP contribution < -0.4 is 11.1 Å². The van der Waals surface area contributed by atoms with E-state index >= 15 is 0 Å². The number of nitrogens with two attached hydrogens (primary N) is 1. The summed E-state index contributed by atoms with van der Waals surface area (Å²) in [5.74, 6) is 0.529. The smallest absolute Gasteiger partial charge is 0.125 e. The summed E-state index contributed by atoms with van der Waals surface area (Å²) >= 11 is 0. The fourth-order valence-electron chi connectivity index (χ4n) is 4.05. The molecular weight excluding hydrogens is 374 g/mol. The van der Waals surface area contributed by atoms with Gasteiger partial charge in [0.25, 0.3) is 0 Å². The van der Waals surface area contributed by atoms with Crippen LogP contribution in [0, 0.1) is 0 Å². The monoisotopic (exact) mass is 411 g/mol. The molecule has 4 N–H and O–H groups in total.